The van der Waals surface area contributed by atoms with E-state index in [2.05, 4.69) is 15.5 Å². The van der Waals surface area contributed by atoms with E-state index < -0.39 is 0 Å². The summed E-state index contributed by atoms with van der Waals surface area (Å²) in [6.07, 6.45) is 0. The largest absolute Gasteiger partial charge is 0.304 e. The highest BCUT2D eigenvalue weighted by atomic mass is 35.5. The van der Waals surface area contributed by atoms with Gasteiger partial charge >= 0.3 is 0 Å². The topological polar surface area (TPSA) is 54.9 Å². The number of anilines is 1. The lowest BCUT2D eigenvalue weighted by Crippen LogP contribution is -2.11. The van der Waals surface area contributed by atoms with E-state index in [1.165, 1.54) is 11.3 Å². The lowest BCUT2D eigenvalue weighted by Gasteiger charge is -2.00. The van der Waals surface area contributed by atoms with E-state index in [1.54, 1.807) is 12.1 Å². The third kappa shape index (κ3) is 2.57. The maximum absolute atomic E-state index is 12.1. The summed E-state index contributed by atoms with van der Waals surface area (Å²) < 4.78 is 1.08. The van der Waals surface area contributed by atoms with Crippen molar-refractivity contribution in [3.05, 3.63) is 52.5 Å². The van der Waals surface area contributed by atoms with Gasteiger partial charge in [0.2, 0.25) is 0 Å². The van der Waals surface area contributed by atoms with Crippen LogP contribution < -0.4 is 5.32 Å². The van der Waals surface area contributed by atoms with Crippen LogP contribution in [0.1, 0.15) is 9.67 Å². The molecule has 0 atom stereocenters. The average molecular weight is 290 g/mol. The van der Waals surface area contributed by atoms with Gasteiger partial charge in [-0.25, -0.2) is 0 Å². The molecule has 0 aliphatic carbocycles. The van der Waals surface area contributed by atoms with Gasteiger partial charge < -0.3 is 5.32 Å². The minimum atomic E-state index is -0.196. The zero-order valence-corrected chi connectivity index (χ0v) is 11.2. The molecule has 1 N–H and O–H groups in total. The smallest absolute Gasteiger partial charge is 0.266 e. The number of carbonyl (C=O) groups excluding carboxylic acids is 1. The van der Waals surface area contributed by atoms with Gasteiger partial charge in [0.15, 0.2) is 11.0 Å². The summed E-state index contributed by atoms with van der Waals surface area (Å²) in [5.74, 6) is 0.185. The summed E-state index contributed by atoms with van der Waals surface area (Å²) in [7, 11) is 0. The van der Waals surface area contributed by atoms with Crippen LogP contribution in [0.4, 0.5) is 5.82 Å². The maximum atomic E-state index is 12.1. The van der Waals surface area contributed by atoms with Crippen molar-refractivity contribution in [2.24, 2.45) is 0 Å². The van der Waals surface area contributed by atoms with Gasteiger partial charge in [0.1, 0.15) is 0 Å². The highest BCUT2D eigenvalue weighted by Crippen LogP contribution is 2.25. The Bertz CT molecular complexity index is 706. The number of thiophene rings is 1. The fourth-order valence-electron chi connectivity index (χ4n) is 1.65. The van der Waals surface area contributed by atoms with Crippen LogP contribution in [0.2, 0.25) is 5.15 Å². The predicted molar refractivity (Wildman–Crippen MR) is 76.8 cm³/mol. The standard InChI is InChI=1S/C13H8ClN3OS/c14-11-5-6-12(17-16-11)15-13(18)10-7-8-3-1-2-4-9(8)19-10/h1-7H,(H,15,17,18). The number of rotatable bonds is 2. The molecule has 2 aromatic heterocycles. The van der Waals surface area contributed by atoms with E-state index in [1.807, 2.05) is 30.3 Å². The van der Waals surface area contributed by atoms with Crippen molar-refractivity contribution in [3.8, 4) is 0 Å². The van der Waals surface area contributed by atoms with Crippen molar-refractivity contribution in [1.29, 1.82) is 0 Å². The highest BCUT2D eigenvalue weighted by Gasteiger charge is 2.11. The third-order valence-electron chi connectivity index (χ3n) is 2.52. The summed E-state index contributed by atoms with van der Waals surface area (Å²) in [5, 5.41) is 11.5. The Labute approximate surface area is 118 Å². The summed E-state index contributed by atoms with van der Waals surface area (Å²) in [6, 6.07) is 12.9. The van der Waals surface area contributed by atoms with Gasteiger partial charge in [-0.05, 0) is 29.7 Å². The number of hydrogen-bond acceptors (Lipinski definition) is 4. The van der Waals surface area contributed by atoms with Gasteiger partial charge in [0.25, 0.3) is 5.91 Å². The summed E-state index contributed by atoms with van der Waals surface area (Å²) >= 11 is 7.08. The van der Waals surface area contributed by atoms with Crippen LogP contribution in [0.25, 0.3) is 10.1 Å². The van der Waals surface area contributed by atoms with E-state index in [9.17, 15) is 4.79 Å². The zero-order valence-electron chi connectivity index (χ0n) is 9.63. The quantitative estimate of drug-likeness (QED) is 0.784. The Morgan fingerprint density at radius 2 is 2.00 bits per heavy atom. The molecule has 0 fully saturated rings. The molecule has 3 aromatic rings. The van der Waals surface area contributed by atoms with Crippen molar-refractivity contribution in [2.75, 3.05) is 5.32 Å². The molecule has 0 radical (unpaired) electrons. The molecule has 0 saturated carbocycles. The molecule has 2 heterocycles. The van der Waals surface area contributed by atoms with E-state index >= 15 is 0 Å². The minimum absolute atomic E-state index is 0.196. The molecule has 0 unspecified atom stereocenters. The van der Waals surface area contributed by atoms with Crippen LogP contribution in [0.3, 0.4) is 0 Å². The molecule has 0 aliphatic heterocycles. The second-order valence-electron chi connectivity index (χ2n) is 3.84. The third-order valence-corrected chi connectivity index (χ3v) is 3.84. The molecule has 1 aromatic carbocycles. The van der Waals surface area contributed by atoms with E-state index in [4.69, 9.17) is 11.6 Å². The van der Waals surface area contributed by atoms with Crippen LogP contribution in [0.15, 0.2) is 42.5 Å². The molecule has 0 saturated heterocycles. The van der Waals surface area contributed by atoms with Crippen LogP contribution >= 0.6 is 22.9 Å². The number of carbonyl (C=O) groups is 1. The molecular formula is C13H8ClN3OS. The fourth-order valence-corrected chi connectivity index (χ4v) is 2.71. The predicted octanol–water partition coefficient (Wildman–Crippen LogP) is 3.60. The van der Waals surface area contributed by atoms with Crippen molar-refractivity contribution < 1.29 is 4.79 Å². The molecule has 3 rings (SSSR count). The normalized spacial score (nSPS) is 10.6. The van der Waals surface area contributed by atoms with Gasteiger partial charge in [-0.1, -0.05) is 29.8 Å². The molecule has 94 valence electrons. The Balaban J connectivity index is 1.85. The Kier molecular flexibility index (Phi) is 3.15. The monoisotopic (exact) mass is 289 g/mol. The SMILES string of the molecule is O=C(Nc1ccc(Cl)nn1)c1cc2ccccc2s1. The summed E-state index contributed by atoms with van der Waals surface area (Å²) in [6.45, 7) is 0. The zero-order chi connectivity index (χ0) is 13.2. The Morgan fingerprint density at radius 3 is 2.74 bits per heavy atom. The number of nitrogens with zero attached hydrogens (tertiary/aromatic N) is 2. The van der Waals surface area contributed by atoms with E-state index in [0.717, 1.165) is 10.1 Å². The number of halogens is 1. The van der Waals surface area contributed by atoms with Crippen LogP contribution in [-0.2, 0) is 0 Å². The first-order chi connectivity index (χ1) is 9.22. The second kappa shape index (κ2) is 4.95. The van der Waals surface area contributed by atoms with Crippen molar-refractivity contribution in [3.63, 3.8) is 0 Å². The van der Waals surface area contributed by atoms with E-state index in [-0.39, 0.29) is 5.91 Å². The van der Waals surface area contributed by atoms with E-state index in [0.29, 0.717) is 15.8 Å². The number of nitrogens with one attached hydrogen (secondary N) is 1. The van der Waals surface area contributed by atoms with Crippen molar-refractivity contribution in [1.82, 2.24) is 10.2 Å². The molecule has 0 aliphatic rings. The van der Waals surface area contributed by atoms with Crippen molar-refractivity contribution in [2.45, 2.75) is 0 Å². The van der Waals surface area contributed by atoms with Gasteiger partial charge in [0.05, 0.1) is 4.88 Å². The molecule has 6 heteroatoms. The van der Waals surface area contributed by atoms with Crippen molar-refractivity contribution >= 4 is 44.7 Å². The maximum Gasteiger partial charge on any atom is 0.266 e. The lowest BCUT2D eigenvalue weighted by molar-refractivity contribution is 0.103. The number of fused-ring (bicyclic) bond motifs is 1. The summed E-state index contributed by atoms with van der Waals surface area (Å²) in [5.41, 5.74) is 0. The Hall–Kier alpha value is -1.98. The minimum Gasteiger partial charge on any atom is -0.304 e. The van der Waals surface area contributed by atoms with Crippen LogP contribution in [-0.4, -0.2) is 16.1 Å². The first kappa shape index (κ1) is 12.1. The Morgan fingerprint density at radius 1 is 1.16 bits per heavy atom. The first-order valence-electron chi connectivity index (χ1n) is 5.51. The highest BCUT2D eigenvalue weighted by molar-refractivity contribution is 7.20. The first-order valence-corrected chi connectivity index (χ1v) is 6.71. The number of hydrogen-bond donors (Lipinski definition) is 1. The second-order valence-corrected chi connectivity index (χ2v) is 5.31. The number of benzene rings is 1. The molecule has 0 bridgehead atoms. The van der Waals surface area contributed by atoms with Crippen LogP contribution in [0.5, 0.6) is 0 Å². The molecular weight excluding hydrogens is 282 g/mol. The number of amides is 1. The molecule has 0 spiro atoms. The molecule has 1 amide bonds. The molecule has 19 heavy (non-hydrogen) atoms. The molecule has 4 nitrogen and oxygen atoms in total. The lowest BCUT2D eigenvalue weighted by atomic mass is 10.2. The van der Waals surface area contributed by atoms with Gasteiger partial charge in [-0.2, -0.15) is 0 Å². The van der Waals surface area contributed by atoms with Crippen LogP contribution in [0, 0.1) is 0 Å². The van der Waals surface area contributed by atoms with Gasteiger partial charge in [0, 0.05) is 4.70 Å². The van der Waals surface area contributed by atoms with Gasteiger partial charge in [-0.15, -0.1) is 21.5 Å². The summed E-state index contributed by atoms with van der Waals surface area (Å²) in [4.78, 5) is 12.7. The average Bonchev–Trinajstić information content (AvgIpc) is 2.85. The number of aromatic nitrogens is 2. The van der Waals surface area contributed by atoms with Gasteiger partial charge in [-0.3, -0.25) is 4.79 Å². The fraction of sp³-hybridized carbons (Fsp3) is 0.